The predicted molar refractivity (Wildman–Crippen MR) is 71.0 cm³/mol. The van der Waals surface area contributed by atoms with E-state index < -0.39 is 17.4 Å². The van der Waals surface area contributed by atoms with E-state index in [1.807, 2.05) is 7.05 Å². The zero-order valence-corrected chi connectivity index (χ0v) is 11.3. The third kappa shape index (κ3) is 3.66. The van der Waals surface area contributed by atoms with Gasteiger partial charge in [0.2, 0.25) is 0 Å². The van der Waals surface area contributed by atoms with Crippen molar-refractivity contribution >= 4 is 0 Å². The van der Waals surface area contributed by atoms with Gasteiger partial charge in [-0.3, -0.25) is 4.90 Å². The van der Waals surface area contributed by atoms with Crippen molar-refractivity contribution < 1.29 is 13.9 Å². The maximum Gasteiger partial charge on any atom is 0.187 e. The second kappa shape index (κ2) is 6.33. The first-order valence-electron chi connectivity index (χ1n) is 6.95. The number of hydrogen-bond donors (Lipinski definition) is 1. The molecule has 106 valence electrons. The number of phenolic OH excluding ortho intramolecular Hbond substituents is 1. The van der Waals surface area contributed by atoms with Gasteiger partial charge in [0.25, 0.3) is 0 Å². The Hall–Kier alpha value is -1.16. The zero-order chi connectivity index (χ0) is 13.8. The summed E-state index contributed by atoms with van der Waals surface area (Å²) in [4.78, 5) is 2.16. The molecule has 1 aromatic rings. The second-order valence-corrected chi connectivity index (χ2v) is 5.47. The van der Waals surface area contributed by atoms with Crippen LogP contribution >= 0.6 is 0 Å². The van der Waals surface area contributed by atoms with Gasteiger partial charge in [-0.2, -0.15) is 0 Å². The summed E-state index contributed by atoms with van der Waals surface area (Å²) < 4.78 is 26.6. The molecule has 0 aliphatic heterocycles. The van der Waals surface area contributed by atoms with E-state index in [1.54, 1.807) is 0 Å². The van der Waals surface area contributed by atoms with Gasteiger partial charge in [0.05, 0.1) is 0 Å². The van der Waals surface area contributed by atoms with Crippen molar-refractivity contribution in [1.29, 1.82) is 0 Å². The molecule has 0 heterocycles. The van der Waals surface area contributed by atoms with Crippen molar-refractivity contribution in [3.05, 3.63) is 29.3 Å². The van der Waals surface area contributed by atoms with Gasteiger partial charge in [-0.25, -0.2) is 8.78 Å². The van der Waals surface area contributed by atoms with E-state index in [9.17, 15) is 8.78 Å². The molecule has 4 heteroatoms. The van der Waals surface area contributed by atoms with Crippen LogP contribution in [0.25, 0.3) is 0 Å². The molecule has 2 rings (SSSR count). The molecular formula is C15H21F2NO. The fourth-order valence-corrected chi connectivity index (χ4v) is 2.82. The number of rotatable bonds is 3. The van der Waals surface area contributed by atoms with Gasteiger partial charge < -0.3 is 5.11 Å². The number of benzene rings is 1. The third-order valence-corrected chi connectivity index (χ3v) is 3.96. The minimum absolute atomic E-state index is 0.488. The molecule has 19 heavy (non-hydrogen) atoms. The Morgan fingerprint density at radius 2 is 1.63 bits per heavy atom. The summed E-state index contributed by atoms with van der Waals surface area (Å²) in [6.45, 7) is 0.513. The normalized spacial score (nSPS) is 17.7. The van der Waals surface area contributed by atoms with Crippen LogP contribution in [0.1, 0.15) is 44.1 Å². The van der Waals surface area contributed by atoms with Crippen molar-refractivity contribution in [3.8, 4) is 5.75 Å². The largest absolute Gasteiger partial charge is 0.503 e. The van der Waals surface area contributed by atoms with Crippen molar-refractivity contribution in [2.45, 2.75) is 51.1 Å². The van der Waals surface area contributed by atoms with Crippen LogP contribution < -0.4 is 0 Å². The SMILES string of the molecule is CN(Cc1cc(F)c(O)c(F)c1)C1CCCCCC1. The van der Waals surface area contributed by atoms with Crippen molar-refractivity contribution in [3.63, 3.8) is 0 Å². The maximum absolute atomic E-state index is 13.3. The molecule has 2 nitrogen and oxygen atoms in total. The second-order valence-electron chi connectivity index (χ2n) is 5.47. The van der Waals surface area contributed by atoms with E-state index in [0.29, 0.717) is 18.2 Å². The molecule has 0 aromatic heterocycles. The highest BCUT2D eigenvalue weighted by atomic mass is 19.1. The lowest BCUT2D eigenvalue weighted by atomic mass is 10.1. The summed E-state index contributed by atoms with van der Waals surface area (Å²) in [5.41, 5.74) is 0.569. The average Bonchev–Trinajstić information content (AvgIpc) is 2.64. The van der Waals surface area contributed by atoms with Crippen LogP contribution in [-0.4, -0.2) is 23.1 Å². The van der Waals surface area contributed by atoms with E-state index in [-0.39, 0.29) is 0 Å². The van der Waals surface area contributed by atoms with Crippen LogP contribution in [0.2, 0.25) is 0 Å². The van der Waals surface area contributed by atoms with E-state index in [0.717, 1.165) is 12.8 Å². The van der Waals surface area contributed by atoms with Gasteiger partial charge >= 0.3 is 0 Å². The quantitative estimate of drug-likeness (QED) is 0.843. The Bertz CT molecular complexity index is 405. The number of hydrogen-bond acceptors (Lipinski definition) is 2. The summed E-state index contributed by atoms with van der Waals surface area (Å²) >= 11 is 0. The molecule has 1 N–H and O–H groups in total. The molecule has 0 atom stereocenters. The van der Waals surface area contributed by atoms with Gasteiger partial charge in [-0.1, -0.05) is 25.7 Å². The van der Waals surface area contributed by atoms with Gasteiger partial charge in [0, 0.05) is 12.6 Å². The molecule has 0 amide bonds. The molecule has 1 aliphatic carbocycles. The van der Waals surface area contributed by atoms with Gasteiger partial charge in [-0.15, -0.1) is 0 Å². The summed E-state index contributed by atoms with van der Waals surface area (Å²) in [5.74, 6) is -2.66. The number of phenols is 1. The van der Waals surface area contributed by atoms with E-state index >= 15 is 0 Å². The van der Waals surface area contributed by atoms with Crippen molar-refractivity contribution in [2.24, 2.45) is 0 Å². The Kier molecular flexibility index (Phi) is 4.75. The summed E-state index contributed by atoms with van der Waals surface area (Å²) in [6, 6.07) is 2.92. The number of nitrogens with zero attached hydrogens (tertiary/aromatic N) is 1. The van der Waals surface area contributed by atoms with Crippen LogP contribution in [0, 0.1) is 11.6 Å². The summed E-state index contributed by atoms with van der Waals surface area (Å²) in [5, 5.41) is 9.09. The molecule has 1 saturated carbocycles. The van der Waals surface area contributed by atoms with E-state index in [4.69, 9.17) is 5.11 Å². The zero-order valence-electron chi connectivity index (χ0n) is 11.3. The highest BCUT2D eigenvalue weighted by Gasteiger charge is 2.18. The van der Waals surface area contributed by atoms with Gasteiger partial charge in [0.15, 0.2) is 17.4 Å². The minimum Gasteiger partial charge on any atom is -0.503 e. The lowest BCUT2D eigenvalue weighted by Gasteiger charge is -2.27. The highest BCUT2D eigenvalue weighted by Crippen LogP contribution is 2.25. The van der Waals surface area contributed by atoms with E-state index in [1.165, 1.54) is 37.8 Å². The third-order valence-electron chi connectivity index (χ3n) is 3.96. The molecule has 1 aromatic carbocycles. The van der Waals surface area contributed by atoms with Crippen LogP contribution in [0.3, 0.4) is 0 Å². The van der Waals surface area contributed by atoms with Crippen LogP contribution in [-0.2, 0) is 6.54 Å². The van der Waals surface area contributed by atoms with Crippen molar-refractivity contribution in [2.75, 3.05) is 7.05 Å². The minimum atomic E-state index is -0.888. The summed E-state index contributed by atoms with van der Waals surface area (Å²) in [6.07, 6.45) is 7.33. The van der Waals surface area contributed by atoms with Crippen LogP contribution in [0.5, 0.6) is 5.75 Å². The molecule has 1 fully saturated rings. The lowest BCUT2D eigenvalue weighted by molar-refractivity contribution is 0.212. The fourth-order valence-electron chi connectivity index (χ4n) is 2.82. The first-order chi connectivity index (χ1) is 9.08. The van der Waals surface area contributed by atoms with Crippen molar-refractivity contribution in [1.82, 2.24) is 4.90 Å². The Balaban J connectivity index is 2.03. The molecule has 0 bridgehead atoms. The number of aromatic hydroxyl groups is 1. The highest BCUT2D eigenvalue weighted by molar-refractivity contribution is 5.30. The molecule has 1 aliphatic rings. The topological polar surface area (TPSA) is 23.5 Å². The smallest absolute Gasteiger partial charge is 0.187 e. The fraction of sp³-hybridized carbons (Fsp3) is 0.600. The summed E-state index contributed by atoms with van der Waals surface area (Å²) in [7, 11) is 2.00. The lowest BCUT2D eigenvalue weighted by Crippen LogP contribution is -2.30. The maximum atomic E-state index is 13.3. The standard InChI is InChI=1S/C15H21F2NO/c1-18(12-6-4-2-3-5-7-12)10-11-8-13(16)15(19)14(17)9-11/h8-9,12,19H,2-7,10H2,1H3. The first kappa shape index (κ1) is 14.3. The Morgan fingerprint density at radius 1 is 1.11 bits per heavy atom. The number of halogens is 2. The molecule has 0 saturated heterocycles. The molecular weight excluding hydrogens is 248 g/mol. The average molecular weight is 269 g/mol. The molecule has 0 radical (unpaired) electrons. The van der Waals surface area contributed by atoms with Gasteiger partial charge in [0.1, 0.15) is 0 Å². The van der Waals surface area contributed by atoms with Crippen LogP contribution in [0.4, 0.5) is 8.78 Å². The van der Waals surface area contributed by atoms with E-state index in [2.05, 4.69) is 4.90 Å². The predicted octanol–water partition coefficient (Wildman–Crippen LogP) is 3.83. The molecule has 0 unspecified atom stereocenters. The molecule has 0 spiro atoms. The van der Waals surface area contributed by atoms with Gasteiger partial charge in [-0.05, 0) is 37.6 Å². The monoisotopic (exact) mass is 269 g/mol. The first-order valence-corrected chi connectivity index (χ1v) is 6.95. The Morgan fingerprint density at radius 3 is 2.16 bits per heavy atom. The van der Waals surface area contributed by atoms with Crippen LogP contribution in [0.15, 0.2) is 12.1 Å². The Labute approximate surface area is 113 Å².